The molecule has 0 radical (unpaired) electrons. The summed E-state index contributed by atoms with van der Waals surface area (Å²) in [6, 6.07) is 4.79. The molecule has 1 amide bonds. The zero-order valence-electron chi connectivity index (χ0n) is 20.6. The van der Waals surface area contributed by atoms with E-state index in [0.29, 0.717) is 24.6 Å². The van der Waals surface area contributed by atoms with Gasteiger partial charge < -0.3 is 14.7 Å². The van der Waals surface area contributed by atoms with Crippen molar-refractivity contribution in [2.45, 2.75) is 75.8 Å². The molecule has 1 N–H and O–H groups in total. The number of amides is 1. The quantitative estimate of drug-likeness (QED) is 0.630. The number of hydrogen-bond acceptors (Lipinski definition) is 5. The molecule has 0 spiro atoms. The molecule has 3 atom stereocenters. The van der Waals surface area contributed by atoms with E-state index in [-0.39, 0.29) is 36.0 Å². The summed E-state index contributed by atoms with van der Waals surface area (Å²) >= 11 is 0. The molecule has 8 heteroatoms. The maximum absolute atomic E-state index is 13.6. The molecule has 0 aromatic heterocycles. The standard InChI is InChI=1S/C26H38N2O5S/c1-18-15-28(19(2)17-29)34(31,32)25-12-11-22(21-7-5-4-6-8-21)14-23(25)33-24(18)16-27(3)26(30)13-20-9-10-20/h7,11-12,14,18-20,24,29H,4-6,8-10,13,15-17H2,1-3H3/t18-,19+,24-/m0/s1. The Labute approximate surface area is 203 Å². The molecule has 0 unspecified atom stereocenters. The minimum absolute atomic E-state index is 0.106. The Morgan fingerprint density at radius 3 is 2.71 bits per heavy atom. The number of rotatable bonds is 7. The first-order valence-electron chi connectivity index (χ1n) is 12.6. The lowest BCUT2D eigenvalue weighted by Crippen LogP contribution is -2.50. The molecular weight excluding hydrogens is 452 g/mol. The third kappa shape index (κ3) is 5.50. The predicted octanol–water partition coefficient (Wildman–Crippen LogP) is 3.67. The number of fused-ring (bicyclic) bond motifs is 1. The summed E-state index contributed by atoms with van der Waals surface area (Å²) in [6.45, 7) is 4.01. The fourth-order valence-electron chi connectivity index (χ4n) is 4.84. The molecule has 1 aromatic carbocycles. The topological polar surface area (TPSA) is 87.2 Å². The number of sulfonamides is 1. The Balaban J connectivity index is 1.69. The Bertz CT molecular complexity index is 1030. The molecule has 188 valence electrons. The highest BCUT2D eigenvalue weighted by Gasteiger charge is 2.38. The number of allylic oxidation sites excluding steroid dienone is 2. The lowest BCUT2D eigenvalue weighted by atomic mass is 9.93. The minimum Gasteiger partial charge on any atom is -0.487 e. The van der Waals surface area contributed by atoms with Crippen LogP contribution in [0.15, 0.2) is 29.2 Å². The lowest BCUT2D eigenvalue weighted by molar-refractivity contribution is -0.131. The summed E-state index contributed by atoms with van der Waals surface area (Å²) in [5.74, 6) is 0.767. The van der Waals surface area contributed by atoms with Crippen molar-refractivity contribution in [3.05, 3.63) is 29.8 Å². The molecular formula is C26H38N2O5S. The van der Waals surface area contributed by atoms with Crippen LogP contribution < -0.4 is 4.74 Å². The van der Waals surface area contributed by atoms with Gasteiger partial charge in [0.15, 0.2) is 0 Å². The van der Waals surface area contributed by atoms with E-state index in [9.17, 15) is 18.3 Å². The number of likely N-dealkylation sites (N-methyl/N-ethyl adjacent to an activating group) is 1. The molecule has 2 aliphatic carbocycles. The molecule has 34 heavy (non-hydrogen) atoms. The van der Waals surface area contributed by atoms with Crippen molar-refractivity contribution < 1.29 is 23.1 Å². The van der Waals surface area contributed by atoms with Gasteiger partial charge in [0.25, 0.3) is 0 Å². The number of hydrogen-bond donors (Lipinski definition) is 1. The average Bonchev–Trinajstić information content (AvgIpc) is 3.65. The van der Waals surface area contributed by atoms with Crippen LogP contribution in [-0.4, -0.2) is 67.5 Å². The van der Waals surface area contributed by atoms with Gasteiger partial charge >= 0.3 is 0 Å². The summed E-state index contributed by atoms with van der Waals surface area (Å²) in [5.41, 5.74) is 2.21. The van der Waals surface area contributed by atoms with E-state index in [1.165, 1.54) is 16.3 Å². The molecule has 3 aliphatic rings. The summed E-state index contributed by atoms with van der Waals surface area (Å²) in [7, 11) is -2.06. The smallest absolute Gasteiger partial charge is 0.247 e. The molecule has 1 heterocycles. The molecule has 4 rings (SSSR count). The van der Waals surface area contributed by atoms with Crippen LogP contribution in [0.1, 0.15) is 64.4 Å². The van der Waals surface area contributed by atoms with Crippen molar-refractivity contribution in [1.29, 1.82) is 0 Å². The monoisotopic (exact) mass is 490 g/mol. The predicted molar refractivity (Wildman–Crippen MR) is 132 cm³/mol. The second-order valence-corrected chi connectivity index (χ2v) is 12.2. The highest BCUT2D eigenvalue weighted by atomic mass is 32.2. The molecule has 0 saturated heterocycles. The van der Waals surface area contributed by atoms with E-state index >= 15 is 0 Å². The number of carbonyl (C=O) groups excluding carboxylic acids is 1. The molecule has 1 aromatic rings. The van der Waals surface area contributed by atoms with Crippen LogP contribution in [0.3, 0.4) is 0 Å². The maximum Gasteiger partial charge on any atom is 0.247 e. The van der Waals surface area contributed by atoms with Crippen LogP contribution in [0.4, 0.5) is 0 Å². The third-order valence-electron chi connectivity index (χ3n) is 7.37. The van der Waals surface area contributed by atoms with Crippen LogP contribution in [0.2, 0.25) is 0 Å². The third-order valence-corrected chi connectivity index (χ3v) is 9.39. The largest absolute Gasteiger partial charge is 0.487 e. The number of aliphatic hydroxyl groups excluding tert-OH is 1. The second-order valence-electron chi connectivity index (χ2n) is 10.3. The zero-order chi connectivity index (χ0) is 24.5. The average molecular weight is 491 g/mol. The molecule has 1 saturated carbocycles. The van der Waals surface area contributed by atoms with E-state index < -0.39 is 16.1 Å². The van der Waals surface area contributed by atoms with Crippen LogP contribution in [0.25, 0.3) is 5.57 Å². The van der Waals surface area contributed by atoms with E-state index in [1.54, 1.807) is 24.9 Å². The SMILES string of the molecule is C[C@H](CO)N1C[C@H](C)[C@H](CN(C)C(=O)CC2CC2)Oc2cc(C3=CCCCC3)ccc2S1(=O)=O. The van der Waals surface area contributed by atoms with Crippen LogP contribution in [0, 0.1) is 11.8 Å². The lowest BCUT2D eigenvalue weighted by Gasteiger charge is -2.37. The highest BCUT2D eigenvalue weighted by molar-refractivity contribution is 7.89. The first kappa shape index (κ1) is 25.2. The van der Waals surface area contributed by atoms with Gasteiger partial charge in [-0.15, -0.1) is 0 Å². The van der Waals surface area contributed by atoms with E-state index in [4.69, 9.17) is 4.74 Å². The number of benzene rings is 1. The Morgan fingerprint density at radius 1 is 1.29 bits per heavy atom. The van der Waals surface area contributed by atoms with Gasteiger partial charge in [0.05, 0.1) is 13.2 Å². The fourth-order valence-corrected chi connectivity index (χ4v) is 6.67. The number of aliphatic hydroxyl groups is 1. The van der Waals surface area contributed by atoms with E-state index in [2.05, 4.69) is 6.08 Å². The first-order valence-corrected chi connectivity index (χ1v) is 14.0. The summed E-state index contributed by atoms with van der Waals surface area (Å²) in [4.78, 5) is 14.5. The van der Waals surface area contributed by atoms with Crippen LogP contribution in [-0.2, 0) is 14.8 Å². The van der Waals surface area contributed by atoms with Crippen molar-refractivity contribution in [3.8, 4) is 5.75 Å². The van der Waals surface area contributed by atoms with Gasteiger partial charge in [0, 0.05) is 32.0 Å². The van der Waals surface area contributed by atoms with Crippen molar-refractivity contribution in [2.24, 2.45) is 11.8 Å². The minimum atomic E-state index is -3.86. The highest BCUT2D eigenvalue weighted by Crippen LogP contribution is 2.37. The van der Waals surface area contributed by atoms with Gasteiger partial charge in [-0.1, -0.05) is 19.1 Å². The van der Waals surface area contributed by atoms with Gasteiger partial charge in [-0.2, -0.15) is 4.31 Å². The Morgan fingerprint density at radius 2 is 2.06 bits per heavy atom. The molecule has 0 bridgehead atoms. The van der Waals surface area contributed by atoms with Gasteiger partial charge in [-0.3, -0.25) is 4.79 Å². The fraction of sp³-hybridized carbons (Fsp3) is 0.654. The van der Waals surface area contributed by atoms with Gasteiger partial charge in [0.1, 0.15) is 16.7 Å². The normalized spacial score (nSPS) is 25.8. The van der Waals surface area contributed by atoms with Crippen molar-refractivity contribution >= 4 is 21.5 Å². The van der Waals surface area contributed by atoms with Crippen LogP contribution in [0.5, 0.6) is 5.75 Å². The van der Waals surface area contributed by atoms with Gasteiger partial charge in [-0.25, -0.2) is 8.42 Å². The maximum atomic E-state index is 13.6. The first-order chi connectivity index (χ1) is 16.2. The zero-order valence-corrected chi connectivity index (χ0v) is 21.4. The van der Waals surface area contributed by atoms with Crippen molar-refractivity contribution in [1.82, 2.24) is 9.21 Å². The molecule has 1 aliphatic heterocycles. The molecule has 7 nitrogen and oxygen atoms in total. The second kappa shape index (κ2) is 10.4. The number of ether oxygens (including phenoxy) is 1. The number of carbonyl (C=O) groups is 1. The number of nitrogens with zero attached hydrogens (tertiary/aromatic N) is 2. The summed E-state index contributed by atoms with van der Waals surface area (Å²) < 4.78 is 35.1. The van der Waals surface area contributed by atoms with Gasteiger partial charge in [0.2, 0.25) is 15.9 Å². The van der Waals surface area contributed by atoms with E-state index in [1.807, 2.05) is 19.1 Å². The Kier molecular flexibility index (Phi) is 7.69. The molecule has 1 fully saturated rings. The summed E-state index contributed by atoms with van der Waals surface area (Å²) in [5, 5.41) is 9.81. The van der Waals surface area contributed by atoms with Gasteiger partial charge in [-0.05, 0) is 74.6 Å². The summed E-state index contributed by atoms with van der Waals surface area (Å²) in [6.07, 6.45) is 8.96. The van der Waals surface area contributed by atoms with E-state index in [0.717, 1.165) is 37.7 Å². The van der Waals surface area contributed by atoms with Crippen molar-refractivity contribution in [2.75, 3.05) is 26.7 Å². The van der Waals surface area contributed by atoms with Crippen molar-refractivity contribution in [3.63, 3.8) is 0 Å². The van der Waals surface area contributed by atoms with Crippen LogP contribution >= 0.6 is 0 Å². The Hall–Kier alpha value is -1.90.